The van der Waals surface area contributed by atoms with Crippen molar-refractivity contribution < 1.29 is 19.1 Å². The molecule has 1 unspecified atom stereocenters. The second-order valence-electron chi connectivity index (χ2n) is 5.89. The fourth-order valence-electron chi connectivity index (χ4n) is 2.71. The molecule has 7 nitrogen and oxygen atoms in total. The zero-order chi connectivity index (χ0) is 17.7. The molecule has 25 heavy (non-hydrogen) atoms. The lowest BCUT2D eigenvalue weighted by atomic mass is 10.0. The number of hydrogen-bond donors (Lipinski definition) is 2. The maximum atomic E-state index is 12.8. The van der Waals surface area contributed by atoms with Crippen LogP contribution in [0.3, 0.4) is 0 Å². The number of nitrogens with two attached hydrogens (primary N) is 1. The number of carbonyl (C=O) groups excluding carboxylic acids is 3. The van der Waals surface area contributed by atoms with Crippen molar-refractivity contribution in [3.63, 3.8) is 0 Å². The summed E-state index contributed by atoms with van der Waals surface area (Å²) in [4.78, 5) is 37.9. The van der Waals surface area contributed by atoms with Crippen LogP contribution in [0.5, 0.6) is 0 Å². The minimum Gasteiger partial charge on any atom is -0.467 e. The molecule has 0 radical (unpaired) electrons. The molecule has 0 spiro atoms. The number of piperidine rings is 1. The van der Waals surface area contributed by atoms with Crippen LogP contribution in [0, 0.1) is 0 Å². The second-order valence-corrected chi connectivity index (χ2v) is 5.89. The van der Waals surface area contributed by atoms with Gasteiger partial charge in [-0.2, -0.15) is 0 Å². The third kappa shape index (κ3) is 5.17. The zero-order valence-corrected chi connectivity index (χ0v) is 15.2. The van der Waals surface area contributed by atoms with Gasteiger partial charge in [0.2, 0.25) is 5.91 Å². The predicted molar refractivity (Wildman–Crippen MR) is 96.7 cm³/mol. The summed E-state index contributed by atoms with van der Waals surface area (Å²) in [6, 6.07) is 5.42. The number of benzene rings is 1. The predicted octanol–water partition coefficient (Wildman–Crippen LogP) is 1.56. The van der Waals surface area contributed by atoms with E-state index in [9.17, 15) is 14.4 Å². The van der Waals surface area contributed by atoms with Gasteiger partial charge in [-0.1, -0.05) is 6.07 Å². The number of amides is 2. The van der Waals surface area contributed by atoms with Crippen LogP contribution in [0.4, 0.5) is 5.69 Å². The fourth-order valence-corrected chi connectivity index (χ4v) is 2.71. The molecular weight excluding hydrogens is 346 g/mol. The molecule has 1 aromatic carbocycles. The molecule has 0 aliphatic carbocycles. The Morgan fingerprint density at radius 1 is 1.32 bits per heavy atom. The quantitative estimate of drug-likeness (QED) is 0.784. The van der Waals surface area contributed by atoms with Gasteiger partial charge in [-0.15, -0.1) is 12.4 Å². The van der Waals surface area contributed by atoms with Gasteiger partial charge in [0.15, 0.2) is 0 Å². The average Bonchev–Trinajstić information content (AvgIpc) is 2.60. The number of rotatable bonds is 4. The fraction of sp³-hybridized carbons (Fsp3) is 0.471. The standard InChI is InChI=1S/C17H23N3O4.ClH/c1-11(18)15(21)19-13-7-5-6-12(10-13)16(22)20-9-4-3-8-14(20)17(23)24-2;/h5-7,10-11,14H,3-4,8-9,18H2,1-2H3,(H,19,21);1H/t11-,14?;/m0./s1. The summed E-state index contributed by atoms with van der Waals surface area (Å²) in [5.41, 5.74) is 6.43. The van der Waals surface area contributed by atoms with E-state index in [1.807, 2.05) is 0 Å². The highest BCUT2D eigenvalue weighted by Crippen LogP contribution is 2.22. The molecule has 1 aliphatic rings. The summed E-state index contributed by atoms with van der Waals surface area (Å²) in [6.45, 7) is 2.09. The van der Waals surface area contributed by atoms with Crippen molar-refractivity contribution in [1.82, 2.24) is 4.90 Å². The number of carbonyl (C=O) groups is 3. The van der Waals surface area contributed by atoms with Gasteiger partial charge in [0.05, 0.1) is 13.2 Å². The van der Waals surface area contributed by atoms with E-state index in [0.717, 1.165) is 12.8 Å². The van der Waals surface area contributed by atoms with Gasteiger partial charge < -0.3 is 20.7 Å². The highest BCUT2D eigenvalue weighted by Gasteiger charge is 2.33. The van der Waals surface area contributed by atoms with Gasteiger partial charge in [0.25, 0.3) is 5.91 Å². The molecule has 8 heteroatoms. The van der Waals surface area contributed by atoms with E-state index in [4.69, 9.17) is 10.5 Å². The highest BCUT2D eigenvalue weighted by molar-refractivity contribution is 5.99. The number of nitrogens with one attached hydrogen (secondary N) is 1. The molecule has 3 N–H and O–H groups in total. The van der Waals surface area contributed by atoms with Gasteiger partial charge in [0.1, 0.15) is 6.04 Å². The molecule has 1 saturated heterocycles. The van der Waals surface area contributed by atoms with Crippen LogP contribution in [0.15, 0.2) is 24.3 Å². The number of hydrogen-bond acceptors (Lipinski definition) is 5. The molecule has 1 heterocycles. The summed E-state index contributed by atoms with van der Waals surface area (Å²) >= 11 is 0. The molecule has 2 rings (SSSR count). The lowest BCUT2D eigenvalue weighted by Gasteiger charge is -2.33. The Morgan fingerprint density at radius 3 is 2.68 bits per heavy atom. The Bertz CT molecular complexity index is 636. The summed E-state index contributed by atoms with van der Waals surface area (Å²) < 4.78 is 4.80. The van der Waals surface area contributed by atoms with Gasteiger partial charge in [-0.3, -0.25) is 9.59 Å². The van der Waals surface area contributed by atoms with Crippen molar-refractivity contribution in [2.24, 2.45) is 5.73 Å². The molecule has 2 atom stereocenters. The van der Waals surface area contributed by atoms with Crippen LogP contribution < -0.4 is 11.1 Å². The maximum Gasteiger partial charge on any atom is 0.328 e. The van der Waals surface area contributed by atoms with Crippen molar-refractivity contribution in [3.8, 4) is 0 Å². The monoisotopic (exact) mass is 369 g/mol. The molecule has 1 aromatic rings. The van der Waals surface area contributed by atoms with Crippen LogP contribution >= 0.6 is 12.4 Å². The summed E-state index contributed by atoms with van der Waals surface area (Å²) in [7, 11) is 1.32. The van der Waals surface area contributed by atoms with Gasteiger partial charge in [0, 0.05) is 17.8 Å². The molecule has 1 fully saturated rings. The second kappa shape index (κ2) is 9.39. The largest absolute Gasteiger partial charge is 0.467 e. The summed E-state index contributed by atoms with van der Waals surface area (Å²) in [6.07, 6.45) is 2.33. The molecule has 0 aromatic heterocycles. The molecule has 2 amide bonds. The van der Waals surface area contributed by atoms with Gasteiger partial charge >= 0.3 is 5.97 Å². The minimum atomic E-state index is -0.643. The van der Waals surface area contributed by atoms with E-state index in [1.165, 1.54) is 7.11 Å². The van der Waals surface area contributed by atoms with Crippen LogP contribution in [0.2, 0.25) is 0 Å². The van der Waals surface area contributed by atoms with Gasteiger partial charge in [-0.25, -0.2) is 4.79 Å². The van der Waals surface area contributed by atoms with Crippen molar-refractivity contribution in [2.75, 3.05) is 19.0 Å². The van der Waals surface area contributed by atoms with E-state index < -0.39 is 18.1 Å². The van der Waals surface area contributed by atoms with E-state index in [2.05, 4.69) is 5.32 Å². The first-order valence-electron chi connectivity index (χ1n) is 7.99. The van der Waals surface area contributed by atoms with Crippen LogP contribution in [-0.2, 0) is 14.3 Å². The minimum absolute atomic E-state index is 0. The number of likely N-dealkylation sites (tertiary alicyclic amines) is 1. The Labute approximate surface area is 153 Å². The van der Waals surface area contributed by atoms with E-state index in [-0.39, 0.29) is 24.2 Å². The van der Waals surface area contributed by atoms with Gasteiger partial charge in [-0.05, 0) is 44.4 Å². The molecule has 138 valence electrons. The summed E-state index contributed by atoms with van der Waals surface area (Å²) in [5, 5.41) is 2.66. The third-order valence-corrected chi connectivity index (χ3v) is 4.03. The summed E-state index contributed by atoms with van der Waals surface area (Å²) in [5.74, 6) is -0.975. The topological polar surface area (TPSA) is 102 Å². The van der Waals surface area contributed by atoms with Crippen molar-refractivity contribution in [1.29, 1.82) is 0 Å². The molecule has 0 saturated carbocycles. The number of anilines is 1. The smallest absolute Gasteiger partial charge is 0.328 e. The van der Waals surface area contributed by atoms with E-state index >= 15 is 0 Å². The van der Waals surface area contributed by atoms with Crippen LogP contribution in [0.1, 0.15) is 36.5 Å². The third-order valence-electron chi connectivity index (χ3n) is 4.03. The van der Waals surface area contributed by atoms with E-state index in [0.29, 0.717) is 24.2 Å². The number of halogens is 1. The Morgan fingerprint density at radius 2 is 2.04 bits per heavy atom. The lowest BCUT2D eigenvalue weighted by molar-refractivity contribution is -0.147. The van der Waals surface area contributed by atoms with Crippen molar-refractivity contribution >= 4 is 35.9 Å². The first kappa shape index (κ1) is 20.9. The number of methoxy groups -OCH3 is 1. The number of nitrogens with zero attached hydrogens (tertiary/aromatic N) is 1. The van der Waals surface area contributed by atoms with Crippen molar-refractivity contribution in [2.45, 2.75) is 38.3 Å². The maximum absolute atomic E-state index is 12.8. The average molecular weight is 370 g/mol. The normalized spacial score (nSPS) is 17.9. The first-order chi connectivity index (χ1) is 11.4. The Kier molecular flexibility index (Phi) is 7.86. The SMILES string of the molecule is COC(=O)C1CCCCN1C(=O)c1cccc(NC(=O)[C@H](C)N)c1.Cl. The zero-order valence-electron chi connectivity index (χ0n) is 14.4. The number of ether oxygens (including phenoxy) is 1. The highest BCUT2D eigenvalue weighted by atomic mass is 35.5. The molecule has 1 aliphatic heterocycles. The van der Waals surface area contributed by atoms with E-state index in [1.54, 1.807) is 36.1 Å². The molecule has 0 bridgehead atoms. The Balaban J connectivity index is 0.00000312. The molecular formula is C17H24ClN3O4. The number of esters is 1. The lowest BCUT2D eigenvalue weighted by Crippen LogP contribution is -2.48. The van der Waals surface area contributed by atoms with Crippen molar-refractivity contribution in [3.05, 3.63) is 29.8 Å². The first-order valence-corrected chi connectivity index (χ1v) is 7.99. The van der Waals surface area contributed by atoms with Crippen LogP contribution in [-0.4, -0.2) is 48.4 Å². The van der Waals surface area contributed by atoms with Crippen LogP contribution in [0.25, 0.3) is 0 Å². The Hall–Kier alpha value is -2.12.